The highest BCUT2D eigenvalue weighted by Crippen LogP contribution is 2.28. The molecule has 1 saturated heterocycles. The van der Waals surface area contributed by atoms with Gasteiger partial charge in [0, 0.05) is 31.2 Å². The number of piperidine rings is 1. The van der Waals surface area contributed by atoms with Crippen molar-refractivity contribution in [1.82, 2.24) is 24.4 Å². The monoisotopic (exact) mass is 441 g/mol. The fourth-order valence-electron chi connectivity index (χ4n) is 4.10. The highest BCUT2D eigenvalue weighted by molar-refractivity contribution is 7.88. The van der Waals surface area contributed by atoms with E-state index >= 15 is 0 Å². The topological polar surface area (TPSA) is 97.2 Å². The molecule has 1 aliphatic rings. The molecule has 1 amide bonds. The van der Waals surface area contributed by atoms with Crippen molar-refractivity contribution < 1.29 is 13.2 Å². The van der Waals surface area contributed by atoms with Gasteiger partial charge in [-0.1, -0.05) is 30.3 Å². The van der Waals surface area contributed by atoms with Crippen LogP contribution in [0.1, 0.15) is 36.5 Å². The van der Waals surface area contributed by atoms with Crippen LogP contribution in [0.25, 0.3) is 22.3 Å². The van der Waals surface area contributed by atoms with Crippen LogP contribution in [-0.2, 0) is 16.6 Å². The number of hydrogen-bond donors (Lipinski definition) is 1. The van der Waals surface area contributed by atoms with Gasteiger partial charge in [0.1, 0.15) is 0 Å². The fourth-order valence-corrected chi connectivity index (χ4v) is 4.59. The number of benzene rings is 1. The second-order valence-electron chi connectivity index (χ2n) is 7.89. The number of sulfonamides is 1. The van der Waals surface area contributed by atoms with Crippen LogP contribution >= 0.6 is 0 Å². The van der Waals surface area contributed by atoms with Gasteiger partial charge >= 0.3 is 0 Å². The second kappa shape index (κ2) is 8.76. The van der Waals surface area contributed by atoms with Crippen LogP contribution < -0.4 is 4.72 Å². The maximum absolute atomic E-state index is 13.7. The Balaban J connectivity index is 1.76. The molecular weight excluding hydrogens is 414 g/mol. The van der Waals surface area contributed by atoms with E-state index in [2.05, 4.69) is 9.82 Å². The molecule has 9 heteroatoms. The Hall–Kier alpha value is -2.78. The van der Waals surface area contributed by atoms with Crippen LogP contribution in [0.2, 0.25) is 0 Å². The van der Waals surface area contributed by atoms with Gasteiger partial charge in [-0.25, -0.2) is 22.8 Å². The van der Waals surface area contributed by atoms with Crippen LogP contribution in [0.5, 0.6) is 0 Å². The number of aryl methyl sites for hydroxylation is 1. The Labute approximate surface area is 182 Å². The molecule has 3 heterocycles. The van der Waals surface area contributed by atoms with Crippen molar-refractivity contribution in [2.75, 3.05) is 19.3 Å². The normalized spacial score (nSPS) is 17.2. The lowest BCUT2D eigenvalue weighted by molar-refractivity contribution is 0.0621. The number of nitrogens with zero attached hydrogens (tertiary/aromatic N) is 4. The average molecular weight is 442 g/mol. The van der Waals surface area contributed by atoms with Gasteiger partial charge in [0.05, 0.1) is 29.1 Å². The SMILES string of the molecule is CCn1ncc2c(C(=O)N3CCCCC3CNS(C)(=O)=O)cc(-c3ccccc3)nc21. The third-order valence-corrected chi connectivity index (χ3v) is 6.37. The zero-order valence-electron chi connectivity index (χ0n) is 17.8. The first-order valence-electron chi connectivity index (χ1n) is 10.5. The molecule has 0 radical (unpaired) electrons. The molecule has 0 bridgehead atoms. The van der Waals surface area contributed by atoms with E-state index in [0.717, 1.165) is 36.8 Å². The van der Waals surface area contributed by atoms with Gasteiger partial charge in [-0.3, -0.25) is 4.79 Å². The van der Waals surface area contributed by atoms with Gasteiger partial charge in [-0.15, -0.1) is 0 Å². The predicted molar refractivity (Wildman–Crippen MR) is 120 cm³/mol. The van der Waals surface area contributed by atoms with Crippen LogP contribution in [0.3, 0.4) is 0 Å². The van der Waals surface area contributed by atoms with Crippen molar-refractivity contribution >= 4 is 27.0 Å². The lowest BCUT2D eigenvalue weighted by atomic mass is 9.99. The first kappa shape index (κ1) is 21.5. The fraction of sp³-hybridized carbons (Fsp3) is 0.409. The van der Waals surface area contributed by atoms with Crippen molar-refractivity contribution in [3.8, 4) is 11.3 Å². The Bertz CT molecular complexity index is 1190. The van der Waals surface area contributed by atoms with Gasteiger partial charge in [0.2, 0.25) is 10.0 Å². The molecule has 31 heavy (non-hydrogen) atoms. The molecule has 1 fully saturated rings. The molecule has 1 unspecified atom stereocenters. The number of carbonyl (C=O) groups excluding carboxylic acids is 1. The van der Waals surface area contributed by atoms with Crippen LogP contribution in [-0.4, -0.2) is 59.4 Å². The summed E-state index contributed by atoms with van der Waals surface area (Å²) >= 11 is 0. The summed E-state index contributed by atoms with van der Waals surface area (Å²) in [7, 11) is -3.33. The highest BCUT2D eigenvalue weighted by atomic mass is 32.2. The maximum atomic E-state index is 13.7. The van der Waals surface area contributed by atoms with E-state index in [0.29, 0.717) is 29.7 Å². The average Bonchev–Trinajstić information content (AvgIpc) is 3.20. The zero-order valence-corrected chi connectivity index (χ0v) is 18.6. The molecule has 164 valence electrons. The molecule has 3 aromatic rings. The first-order chi connectivity index (χ1) is 14.9. The molecule has 4 rings (SSSR count). The quantitative estimate of drug-likeness (QED) is 0.634. The summed E-state index contributed by atoms with van der Waals surface area (Å²) in [6, 6.07) is 11.4. The third kappa shape index (κ3) is 4.62. The number of hydrogen-bond acceptors (Lipinski definition) is 5. The molecule has 0 spiro atoms. The Morgan fingerprint density at radius 1 is 1.23 bits per heavy atom. The summed E-state index contributed by atoms with van der Waals surface area (Å²) < 4.78 is 27.6. The maximum Gasteiger partial charge on any atom is 0.255 e. The van der Waals surface area contributed by atoms with E-state index < -0.39 is 10.0 Å². The molecule has 1 aromatic carbocycles. The number of likely N-dealkylation sites (tertiary alicyclic amines) is 1. The number of aromatic nitrogens is 3. The van der Waals surface area contributed by atoms with Gasteiger partial charge in [0.15, 0.2) is 5.65 Å². The summed E-state index contributed by atoms with van der Waals surface area (Å²) in [5.41, 5.74) is 2.87. The van der Waals surface area contributed by atoms with Crippen molar-refractivity contribution in [3.05, 3.63) is 48.2 Å². The van der Waals surface area contributed by atoms with Crippen LogP contribution in [0.4, 0.5) is 0 Å². The number of fused-ring (bicyclic) bond motifs is 1. The van der Waals surface area contributed by atoms with E-state index in [-0.39, 0.29) is 18.5 Å². The minimum absolute atomic E-state index is 0.111. The molecule has 8 nitrogen and oxygen atoms in total. The number of nitrogens with one attached hydrogen (secondary N) is 1. The molecule has 1 atom stereocenters. The molecule has 0 saturated carbocycles. The Morgan fingerprint density at radius 3 is 2.71 bits per heavy atom. The van der Waals surface area contributed by atoms with Gasteiger partial charge in [0.25, 0.3) is 5.91 Å². The lowest BCUT2D eigenvalue weighted by Gasteiger charge is -2.36. The summed E-state index contributed by atoms with van der Waals surface area (Å²) in [4.78, 5) is 20.3. The zero-order chi connectivity index (χ0) is 22.0. The number of pyridine rings is 1. The lowest BCUT2D eigenvalue weighted by Crippen LogP contribution is -2.49. The second-order valence-corrected chi connectivity index (χ2v) is 9.72. The van der Waals surface area contributed by atoms with Gasteiger partial charge in [-0.05, 0) is 32.3 Å². The molecule has 1 aliphatic heterocycles. The van der Waals surface area contributed by atoms with Crippen LogP contribution in [0, 0.1) is 0 Å². The number of carbonyl (C=O) groups is 1. The first-order valence-corrected chi connectivity index (χ1v) is 12.4. The van der Waals surface area contributed by atoms with Gasteiger partial charge < -0.3 is 4.90 Å². The summed E-state index contributed by atoms with van der Waals surface area (Å²) in [6.45, 7) is 3.45. The minimum Gasteiger partial charge on any atom is -0.334 e. The summed E-state index contributed by atoms with van der Waals surface area (Å²) in [6.07, 6.45) is 5.47. The van der Waals surface area contributed by atoms with E-state index in [1.54, 1.807) is 15.8 Å². The predicted octanol–water partition coefficient (Wildman–Crippen LogP) is 2.66. The van der Waals surface area contributed by atoms with Crippen molar-refractivity contribution in [3.63, 3.8) is 0 Å². The molecule has 2 aromatic heterocycles. The van der Waals surface area contributed by atoms with Gasteiger partial charge in [-0.2, -0.15) is 5.10 Å². The van der Waals surface area contributed by atoms with E-state index in [4.69, 9.17) is 4.98 Å². The van der Waals surface area contributed by atoms with E-state index in [1.165, 1.54) is 0 Å². The number of rotatable bonds is 6. The van der Waals surface area contributed by atoms with E-state index in [1.807, 2.05) is 43.3 Å². The van der Waals surface area contributed by atoms with Crippen molar-refractivity contribution in [1.29, 1.82) is 0 Å². The minimum atomic E-state index is -3.33. The Kier molecular flexibility index (Phi) is 6.06. The van der Waals surface area contributed by atoms with Crippen molar-refractivity contribution in [2.45, 2.75) is 38.8 Å². The van der Waals surface area contributed by atoms with Crippen LogP contribution in [0.15, 0.2) is 42.6 Å². The van der Waals surface area contributed by atoms with E-state index in [9.17, 15) is 13.2 Å². The molecule has 0 aliphatic carbocycles. The standard InChI is InChI=1S/C22H27N5O3S/c1-3-27-21-19(15-23-27)18(13-20(25-21)16-9-5-4-6-10-16)22(28)26-12-8-7-11-17(26)14-24-31(2,29)30/h4-6,9-10,13,15,17,24H,3,7-8,11-12,14H2,1-2H3. The summed E-state index contributed by atoms with van der Waals surface area (Å²) in [5.74, 6) is -0.111. The third-order valence-electron chi connectivity index (χ3n) is 5.68. The molecular formula is C22H27N5O3S. The Morgan fingerprint density at radius 2 is 2.00 bits per heavy atom. The van der Waals surface area contributed by atoms with Crippen molar-refractivity contribution in [2.24, 2.45) is 0 Å². The molecule has 1 N–H and O–H groups in total. The number of amides is 1. The highest BCUT2D eigenvalue weighted by Gasteiger charge is 2.30. The largest absolute Gasteiger partial charge is 0.334 e. The smallest absolute Gasteiger partial charge is 0.255 e. The summed E-state index contributed by atoms with van der Waals surface area (Å²) in [5, 5.41) is 5.13.